The molecule has 0 saturated carbocycles. The van der Waals surface area contributed by atoms with Gasteiger partial charge in [-0.2, -0.15) is 10.2 Å². The standard InChI is InChI=1S/C41H62N8O8S/c1-27(24-42)16-17-30(25-53-26-47-19-15-20-48(22-21-47)36(50)55-39(4,5)6)29(3)46(14)35(49(37(51)56-40(7,8)9)38(52)57-41(10,11)12)31(43-13)33-44-45-34(54-33)32-28(2)18-23-58-32/h16,18,23,29-30H,13,15,17,19-22,25-26H2,1-12,14H3/b27-16+,35-31+/t29-,30?/m0/s1. The van der Waals surface area contributed by atoms with Crippen LogP contribution in [0.4, 0.5) is 14.4 Å². The van der Waals surface area contributed by atoms with Crippen LogP contribution in [0.5, 0.6) is 0 Å². The van der Waals surface area contributed by atoms with Crippen LogP contribution < -0.4 is 0 Å². The third kappa shape index (κ3) is 14.2. The van der Waals surface area contributed by atoms with E-state index in [1.165, 1.54) is 11.3 Å². The number of carbonyl (C=O) groups is 3. The van der Waals surface area contributed by atoms with Gasteiger partial charge in [-0.25, -0.2) is 14.4 Å². The molecule has 0 aromatic carbocycles. The highest BCUT2D eigenvalue weighted by Crippen LogP contribution is 2.34. The van der Waals surface area contributed by atoms with Crippen molar-refractivity contribution >= 4 is 42.0 Å². The van der Waals surface area contributed by atoms with Gasteiger partial charge in [0.2, 0.25) is 0 Å². The van der Waals surface area contributed by atoms with Crippen LogP contribution in [0.3, 0.4) is 0 Å². The molecule has 0 aliphatic carbocycles. The van der Waals surface area contributed by atoms with Crippen molar-refractivity contribution < 1.29 is 37.7 Å². The van der Waals surface area contributed by atoms with Crippen molar-refractivity contribution in [2.75, 3.05) is 46.6 Å². The minimum atomic E-state index is -1.03. The van der Waals surface area contributed by atoms with Gasteiger partial charge in [0, 0.05) is 50.8 Å². The lowest BCUT2D eigenvalue weighted by atomic mass is 9.95. The number of rotatable bonds is 13. The van der Waals surface area contributed by atoms with Crippen LogP contribution in [-0.2, 0) is 18.9 Å². The molecule has 58 heavy (non-hydrogen) atoms. The van der Waals surface area contributed by atoms with Crippen molar-refractivity contribution in [1.82, 2.24) is 29.8 Å². The number of ether oxygens (including phenoxy) is 4. The van der Waals surface area contributed by atoms with Gasteiger partial charge in [0.25, 0.3) is 11.8 Å². The average molecular weight is 827 g/mol. The summed E-state index contributed by atoms with van der Waals surface area (Å²) in [5.41, 5.74) is -1.22. The highest BCUT2D eigenvalue weighted by atomic mass is 32.1. The topological polar surface area (TPSA) is 176 Å². The van der Waals surface area contributed by atoms with Gasteiger partial charge in [0.1, 0.15) is 16.8 Å². The third-order valence-electron chi connectivity index (χ3n) is 8.79. The SMILES string of the molecule is C=N/C(=C(/N(C(=O)OC(C)(C)C)C(=O)OC(C)(C)C)N(C)[C@@H](C)C(C/C=C(\C)C#N)COCN1CCCN(C(=O)OC(C)(C)C)CC1)c1nnc(-c2sccc2C)o1. The number of aryl methyl sites for hydroxylation is 1. The summed E-state index contributed by atoms with van der Waals surface area (Å²) in [7, 11) is 1.70. The maximum absolute atomic E-state index is 14.2. The Morgan fingerprint density at radius 1 is 1.02 bits per heavy atom. The maximum atomic E-state index is 14.2. The Labute approximate surface area is 347 Å². The minimum absolute atomic E-state index is 0.0680. The van der Waals surface area contributed by atoms with Crippen molar-refractivity contribution in [3.63, 3.8) is 0 Å². The van der Waals surface area contributed by atoms with E-state index in [1.807, 2.05) is 52.1 Å². The second-order valence-corrected chi connectivity index (χ2v) is 18.2. The molecule has 17 heteroatoms. The number of carbonyl (C=O) groups excluding carboxylic acids is 3. The van der Waals surface area contributed by atoms with E-state index in [0.29, 0.717) is 38.2 Å². The van der Waals surface area contributed by atoms with Gasteiger partial charge in [-0.3, -0.25) is 9.89 Å². The van der Waals surface area contributed by atoms with E-state index < -0.39 is 35.0 Å². The molecule has 1 unspecified atom stereocenters. The van der Waals surface area contributed by atoms with E-state index in [9.17, 15) is 19.6 Å². The molecule has 1 fully saturated rings. The molecule has 2 aromatic rings. The number of thiophene rings is 1. The predicted octanol–water partition coefficient (Wildman–Crippen LogP) is 8.32. The van der Waals surface area contributed by atoms with E-state index in [1.54, 1.807) is 65.3 Å². The molecule has 16 nitrogen and oxygen atoms in total. The van der Waals surface area contributed by atoms with Crippen LogP contribution in [0.2, 0.25) is 0 Å². The van der Waals surface area contributed by atoms with E-state index in [2.05, 4.69) is 32.9 Å². The Bertz CT molecular complexity index is 1810. The Kier molecular flexibility index (Phi) is 16.6. The molecule has 3 heterocycles. The van der Waals surface area contributed by atoms with Gasteiger partial charge in [0.15, 0.2) is 11.5 Å². The lowest BCUT2D eigenvalue weighted by Gasteiger charge is -2.39. The highest BCUT2D eigenvalue weighted by Gasteiger charge is 2.41. The average Bonchev–Trinajstić information content (AvgIpc) is 3.69. The molecule has 1 aliphatic heterocycles. The summed E-state index contributed by atoms with van der Waals surface area (Å²) in [6.45, 7) is 27.9. The Hall–Kier alpha value is -4.79. The Balaban J connectivity index is 2.07. The quantitative estimate of drug-likeness (QED) is 0.107. The monoisotopic (exact) mass is 826 g/mol. The van der Waals surface area contributed by atoms with Crippen molar-refractivity contribution in [1.29, 1.82) is 5.26 Å². The molecule has 0 spiro atoms. The molecule has 3 rings (SSSR count). The number of imide groups is 1. The maximum Gasteiger partial charge on any atom is 0.425 e. The first-order chi connectivity index (χ1) is 26.9. The molecule has 2 aromatic heterocycles. The van der Waals surface area contributed by atoms with Gasteiger partial charge < -0.3 is 33.2 Å². The molecular weight excluding hydrogens is 765 g/mol. The zero-order valence-corrected chi connectivity index (χ0v) is 37.3. The molecule has 2 atom stereocenters. The van der Waals surface area contributed by atoms with Crippen LogP contribution >= 0.6 is 11.3 Å². The van der Waals surface area contributed by atoms with Crippen LogP contribution in [0.15, 0.2) is 38.3 Å². The van der Waals surface area contributed by atoms with E-state index >= 15 is 0 Å². The summed E-state index contributed by atoms with van der Waals surface area (Å²) in [5.74, 6) is -0.264. The number of nitrogens with zero attached hydrogens (tertiary/aromatic N) is 8. The molecule has 0 radical (unpaired) electrons. The summed E-state index contributed by atoms with van der Waals surface area (Å²) >= 11 is 1.42. The largest absolute Gasteiger partial charge is 0.444 e. The van der Waals surface area contributed by atoms with Crippen molar-refractivity contribution in [2.24, 2.45) is 10.9 Å². The number of aromatic nitrogens is 2. The number of allylic oxidation sites excluding steroid dienone is 2. The lowest BCUT2D eigenvalue weighted by molar-refractivity contribution is -0.0102. The molecule has 3 amide bonds. The summed E-state index contributed by atoms with van der Waals surface area (Å²) in [6, 6.07) is 3.60. The summed E-state index contributed by atoms with van der Waals surface area (Å²) in [4.78, 5) is 52.5. The van der Waals surface area contributed by atoms with Gasteiger partial charge in [-0.1, -0.05) is 6.08 Å². The second kappa shape index (κ2) is 20.3. The number of hydrogen-bond donors (Lipinski definition) is 0. The Morgan fingerprint density at radius 2 is 1.64 bits per heavy atom. The second-order valence-electron chi connectivity index (χ2n) is 17.3. The first kappa shape index (κ1) is 47.6. The predicted molar refractivity (Wildman–Crippen MR) is 223 cm³/mol. The number of aliphatic imine (C=N–C) groups is 1. The smallest absolute Gasteiger partial charge is 0.425 e. The van der Waals surface area contributed by atoms with Gasteiger partial charge >= 0.3 is 18.3 Å². The normalized spacial score (nSPS) is 16.0. The fraction of sp³-hybridized carbons (Fsp3) is 0.634. The highest BCUT2D eigenvalue weighted by molar-refractivity contribution is 7.13. The molecule has 1 saturated heterocycles. The first-order valence-corrected chi connectivity index (χ1v) is 20.3. The van der Waals surface area contributed by atoms with Gasteiger partial charge in [-0.05, 0) is 120 Å². The molecule has 0 N–H and O–H groups in total. The lowest BCUT2D eigenvalue weighted by Crippen LogP contribution is -2.50. The minimum Gasteiger partial charge on any atom is -0.444 e. The van der Waals surface area contributed by atoms with E-state index in [0.717, 1.165) is 21.8 Å². The van der Waals surface area contributed by atoms with Crippen molar-refractivity contribution in [2.45, 2.75) is 119 Å². The van der Waals surface area contributed by atoms with Crippen molar-refractivity contribution in [3.05, 3.63) is 40.4 Å². The van der Waals surface area contributed by atoms with Gasteiger partial charge in [-0.15, -0.1) is 21.5 Å². The first-order valence-electron chi connectivity index (χ1n) is 19.4. The Morgan fingerprint density at radius 3 is 2.17 bits per heavy atom. The molecule has 0 bridgehead atoms. The number of amides is 3. The van der Waals surface area contributed by atoms with Gasteiger partial charge in [0.05, 0.1) is 24.3 Å². The zero-order valence-electron chi connectivity index (χ0n) is 36.5. The molecule has 1 aliphatic rings. The van der Waals surface area contributed by atoms with Crippen LogP contribution in [0.25, 0.3) is 16.5 Å². The molecule has 320 valence electrons. The van der Waals surface area contributed by atoms with Crippen LogP contribution in [0.1, 0.15) is 100 Å². The number of nitriles is 1. The summed E-state index contributed by atoms with van der Waals surface area (Å²) < 4.78 is 29.7. The zero-order chi connectivity index (χ0) is 43.6. The third-order valence-corrected chi connectivity index (χ3v) is 9.80. The van der Waals surface area contributed by atoms with Crippen LogP contribution in [-0.4, -0.2) is 124 Å². The van der Waals surface area contributed by atoms with Crippen LogP contribution in [0, 0.1) is 24.2 Å². The number of hydrogen-bond acceptors (Lipinski definition) is 15. The fourth-order valence-electron chi connectivity index (χ4n) is 5.76. The fourth-order valence-corrected chi connectivity index (χ4v) is 6.60. The van der Waals surface area contributed by atoms with Crippen molar-refractivity contribution in [3.8, 4) is 16.8 Å². The van der Waals surface area contributed by atoms with E-state index in [-0.39, 0.29) is 48.6 Å². The summed E-state index contributed by atoms with van der Waals surface area (Å²) in [5, 5.41) is 20.1. The van der Waals surface area contributed by atoms with E-state index in [4.69, 9.17) is 23.4 Å². The summed E-state index contributed by atoms with van der Waals surface area (Å²) in [6.07, 6.45) is 0.583. The molecular formula is C41H62N8O8S.